The highest BCUT2D eigenvalue weighted by molar-refractivity contribution is 7.09. The van der Waals surface area contributed by atoms with E-state index in [1.807, 2.05) is 30.6 Å². The number of aliphatic hydroxyl groups excluding tert-OH is 1. The van der Waals surface area contributed by atoms with Gasteiger partial charge in [-0.1, -0.05) is 30.3 Å². The van der Waals surface area contributed by atoms with Crippen molar-refractivity contribution in [1.29, 1.82) is 0 Å². The van der Waals surface area contributed by atoms with Crippen molar-refractivity contribution in [1.82, 2.24) is 4.90 Å². The van der Waals surface area contributed by atoms with Gasteiger partial charge in [0.2, 0.25) is 0 Å². The minimum Gasteiger partial charge on any atom is -0.389 e. The Hall–Kier alpha value is -1.20. The Labute approximate surface area is 130 Å². The van der Waals surface area contributed by atoms with E-state index >= 15 is 0 Å². The van der Waals surface area contributed by atoms with Crippen molar-refractivity contribution in [2.75, 3.05) is 20.2 Å². The number of hydrogen-bond donors (Lipinski definition) is 1. The maximum Gasteiger partial charge on any atom is 0.0900 e. The molecule has 2 rings (SSSR count). The molecule has 0 bridgehead atoms. The van der Waals surface area contributed by atoms with E-state index in [9.17, 15) is 5.11 Å². The molecule has 1 aromatic carbocycles. The first-order chi connectivity index (χ1) is 10.1. The van der Waals surface area contributed by atoms with Crippen LogP contribution in [0, 0.1) is 6.92 Å². The molecule has 0 aliphatic carbocycles. The van der Waals surface area contributed by atoms with Gasteiger partial charge in [0, 0.05) is 18.0 Å². The third-order valence-electron chi connectivity index (χ3n) is 3.36. The van der Waals surface area contributed by atoms with E-state index in [2.05, 4.69) is 30.0 Å². The van der Waals surface area contributed by atoms with Gasteiger partial charge in [-0.05, 0) is 36.5 Å². The van der Waals surface area contributed by atoms with Gasteiger partial charge in [-0.3, -0.25) is 4.90 Å². The molecule has 0 radical (unpaired) electrons. The fourth-order valence-corrected chi connectivity index (χ4v) is 2.89. The van der Waals surface area contributed by atoms with Gasteiger partial charge in [-0.2, -0.15) is 0 Å². The van der Waals surface area contributed by atoms with E-state index in [0.717, 1.165) is 6.54 Å². The number of likely N-dealkylation sites (N-methyl/N-ethyl adjacent to an activating group) is 1. The fraction of sp³-hybridized carbons (Fsp3) is 0.412. The quantitative estimate of drug-likeness (QED) is 0.813. The van der Waals surface area contributed by atoms with Crippen LogP contribution in [0.2, 0.25) is 0 Å². The molecule has 114 valence electrons. The van der Waals surface area contributed by atoms with Gasteiger partial charge in [-0.15, -0.1) is 11.3 Å². The Balaban J connectivity index is 1.69. The first-order valence-electron chi connectivity index (χ1n) is 7.16. The van der Waals surface area contributed by atoms with Crippen LogP contribution in [-0.2, 0) is 17.9 Å². The maximum absolute atomic E-state index is 10.0. The standard InChI is InChI=1S/C17H23NO2S/c1-14-6-3-4-7-15(14)10-18(2)11-16(19)12-20-13-17-8-5-9-21-17/h3-9,16,19H,10-13H2,1-2H3. The van der Waals surface area contributed by atoms with Crippen molar-refractivity contribution in [3.63, 3.8) is 0 Å². The summed E-state index contributed by atoms with van der Waals surface area (Å²) >= 11 is 1.67. The van der Waals surface area contributed by atoms with Crippen molar-refractivity contribution >= 4 is 11.3 Å². The van der Waals surface area contributed by atoms with E-state index in [1.54, 1.807) is 11.3 Å². The summed E-state index contributed by atoms with van der Waals surface area (Å²) in [6.45, 7) is 4.52. The summed E-state index contributed by atoms with van der Waals surface area (Å²) in [5, 5.41) is 12.1. The summed E-state index contributed by atoms with van der Waals surface area (Å²) < 4.78 is 5.55. The van der Waals surface area contributed by atoms with Gasteiger partial charge in [0.1, 0.15) is 0 Å². The van der Waals surface area contributed by atoms with E-state index in [-0.39, 0.29) is 0 Å². The van der Waals surface area contributed by atoms with Crippen LogP contribution in [0.5, 0.6) is 0 Å². The zero-order valence-corrected chi connectivity index (χ0v) is 13.5. The lowest BCUT2D eigenvalue weighted by Gasteiger charge is -2.21. The maximum atomic E-state index is 10.0. The average molecular weight is 305 g/mol. The van der Waals surface area contributed by atoms with Gasteiger partial charge < -0.3 is 9.84 Å². The number of ether oxygens (including phenoxy) is 1. The molecule has 1 unspecified atom stereocenters. The van der Waals surface area contributed by atoms with Crippen LogP contribution in [0.3, 0.4) is 0 Å². The third kappa shape index (κ3) is 5.59. The number of aryl methyl sites for hydroxylation is 1. The normalized spacial score (nSPS) is 12.8. The molecule has 1 N–H and O–H groups in total. The topological polar surface area (TPSA) is 32.7 Å². The highest BCUT2D eigenvalue weighted by Crippen LogP contribution is 2.11. The van der Waals surface area contributed by atoms with Gasteiger partial charge in [-0.25, -0.2) is 0 Å². The molecular formula is C17H23NO2S. The first kappa shape index (κ1) is 16.2. The number of hydrogen-bond acceptors (Lipinski definition) is 4. The number of rotatable bonds is 8. The highest BCUT2D eigenvalue weighted by atomic mass is 32.1. The van der Waals surface area contributed by atoms with Gasteiger partial charge in [0.25, 0.3) is 0 Å². The van der Waals surface area contributed by atoms with E-state index < -0.39 is 6.10 Å². The first-order valence-corrected chi connectivity index (χ1v) is 8.04. The monoisotopic (exact) mass is 305 g/mol. The fourth-order valence-electron chi connectivity index (χ4n) is 2.25. The second kappa shape index (κ2) is 8.29. The third-order valence-corrected chi connectivity index (χ3v) is 4.21. The summed E-state index contributed by atoms with van der Waals surface area (Å²) in [6.07, 6.45) is -0.459. The summed E-state index contributed by atoms with van der Waals surface area (Å²) in [5.74, 6) is 0. The van der Waals surface area contributed by atoms with Crippen molar-refractivity contribution < 1.29 is 9.84 Å². The van der Waals surface area contributed by atoms with Crippen LogP contribution < -0.4 is 0 Å². The van der Waals surface area contributed by atoms with Crippen molar-refractivity contribution in [2.24, 2.45) is 0 Å². The highest BCUT2D eigenvalue weighted by Gasteiger charge is 2.10. The predicted molar refractivity (Wildman–Crippen MR) is 87.5 cm³/mol. The van der Waals surface area contributed by atoms with E-state index in [4.69, 9.17) is 4.74 Å². The van der Waals surface area contributed by atoms with Crippen LogP contribution in [0.1, 0.15) is 16.0 Å². The minimum atomic E-state index is -0.459. The molecule has 0 aliphatic rings. The number of aliphatic hydroxyl groups is 1. The Morgan fingerprint density at radius 1 is 1.24 bits per heavy atom. The zero-order valence-electron chi connectivity index (χ0n) is 12.7. The van der Waals surface area contributed by atoms with Gasteiger partial charge in [0.05, 0.1) is 19.3 Å². The van der Waals surface area contributed by atoms with Crippen LogP contribution in [-0.4, -0.2) is 36.3 Å². The van der Waals surface area contributed by atoms with E-state index in [0.29, 0.717) is 19.8 Å². The Morgan fingerprint density at radius 2 is 2.05 bits per heavy atom. The molecule has 1 atom stereocenters. The summed E-state index contributed by atoms with van der Waals surface area (Å²) in [5.41, 5.74) is 2.58. The van der Waals surface area contributed by atoms with Crippen molar-refractivity contribution in [3.05, 3.63) is 57.8 Å². The number of thiophene rings is 1. The van der Waals surface area contributed by atoms with Gasteiger partial charge >= 0.3 is 0 Å². The smallest absolute Gasteiger partial charge is 0.0900 e. The molecule has 0 saturated carbocycles. The minimum absolute atomic E-state index is 0.371. The second-order valence-electron chi connectivity index (χ2n) is 5.37. The molecule has 4 heteroatoms. The van der Waals surface area contributed by atoms with Crippen LogP contribution in [0.25, 0.3) is 0 Å². The average Bonchev–Trinajstić information content (AvgIpc) is 2.94. The lowest BCUT2D eigenvalue weighted by molar-refractivity contribution is 0.0135. The summed E-state index contributed by atoms with van der Waals surface area (Å²) in [4.78, 5) is 3.32. The lowest BCUT2D eigenvalue weighted by atomic mass is 10.1. The molecule has 2 aromatic rings. The molecule has 0 spiro atoms. The molecule has 0 amide bonds. The Kier molecular flexibility index (Phi) is 6.39. The number of benzene rings is 1. The largest absolute Gasteiger partial charge is 0.389 e. The summed E-state index contributed by atoms with van der Waals surface area (Å²) in [6, 6.07) is 12.4. The molecular weight excluding hydrogens is 282 g/mol. The summed E-state index contributed by atoms with van der Waals surface area (Å²) in [7, 11) is 2.02. The SMILES string of the molecule is Cc1ccccc1CN(C)CC(O)COCc1cccs1. The molecule has 0 aliphatic heterocycles. The van der Waals surface area contributed by atoms with Gasteiger partial charge in [0.15, 0.2) is 0 Å². The second-order valence-corrected chi connectivity index (χ2v) is 6.40. The van der Waals surface area contributed by atoms with E-state index in [1.165, 1.54) is 16.0 Å². The molecule has 3 nitrogen and oxygen atoms in total. The molecule has 21 heavy (non-hydrogen) atoms. The molecule has 1 heterocycles. The number of nitrogens with zero attached hydrogens (tertiary/aromatic N) is 1. The van der Waals surface area contributed by atoms with Crippen LogP contribution in [0.15, 0.2) is 41.8 Å². The lowest BCUT2D eigenvalue weighted by Crippen LogP contribution is -2.32. The molecule has 1 aromatic heterocycles. The van der Waals surface area contributed by atoms with Crippen molar-refractivity contribution in [2.45, 2.75) is 26.2 Å². The molecule has 0 fully saturated rings. The Bertz CT molecular complexity index is 527. The predicted octanol–water partition coefficient (Wildman–Crippen LogP) is 3.07. The van der Waals surface area contributed by atoms with Crippen molar-refractivity contribution in [3.8, 4) is 0 Å². The van der Waals surface area contributed by atoms with Crippen LogP contribution in [0.4, 0.5) is 0 Å². The van der Waals surface area contributed by atoms with Crippen LogP contribution >= 0.6 is 11.3 Å². The zero-order chi connectivity index (χ0) is 15.1. The molecule has 0 saturated heterocycles. The Morgan fingerprint density at radius 3 is 2.76 bits per heavy atom.